The number of hydrogen-bond donors (Lipinski definition) is 2. The highest BCUT2D eigenvalue weighted by atomic mass is 16.5. The van der Waals surface area contributed by atoms with Crippen molar-refractivity contribution in [2.24, 2.45) is 0 Å². The second-order valence-corrected chi connectivity index (χ2v) is 8.20. The van der Waals surface area contributed by atoms with Crippen LogP contribution in [0.3, 0.4) is 0 Å². The molecule has 0 unspecified atom stereocenters. The summed E-state index contributed by atoms with van der Waals surface area (Å²) in [6, 6.07) is 17.0. The molecule has 2 aromatic carbocycles. The third-order valence-corrected chi connectivity index (χ3v) is 4.81. The first-order valence-electron chi connectivity index (χ1n) is 10.6. The Hall–Kier alpha value is -3.08. The van der Waals surface area contributed by atoms with E-state index in [2.05, 4.69) is 19.2 Å². The Labute approximate surface area is 189 Å². The number of benzene rings is 2. The van der Waals surface area contributed by atoms with Crippen LogP contribution in [0.1, 0.15) is 31.4 Å². The maximum Gasteiger partial charge on any atom is 0.310 e. The number of nitrogens with zero attached hydrogens (tertiary/aromatic N) is 1. The van der Waals surface area contributed by atoms with Gasteiger partial charge in [-0.25, -0.2) is 0 Å². The number of aliphatic hydroxyl groups excluding tert-OH is 1. The van der Waals surface area contributed by atoms with Crippen LogP contribution in [0.5, 0.6) is 11.5 Å². The van der Waals surface area contributed by atoms with E-state index in [-0.39, 0.29) is 37.6 Å². The minimum absolute atomic E-state index is 0.110. The molecule has 0 aliphatic rings. The number of nitrogens with one attached hydrogen (secondary N) is 1. The lowest BCUT2D eigenvalue weighted by Gasteiger charge is -2.28. The number of β-amino-alcohol motifs (C(OH)–C–C–N with tert-alkyl or cyclic N) is 1. The van der Waals surface area contributed by atoms with Crippen molar-refractivity contribution in [3.63, 3.8) is 0 Å². The predicted octanol–water partition coefficient (Wildman–Crippen LogP) is 3.05. The number of methoxy groups -OCH3 is 1. The third-order valence-electron chi connectivity index (χ3n) is 4.81. The monoisotopic (exact) mass is 440 g/mol. The van der Waals surface area contributed by atoms with Gasteiger partial charge >= 0.3 is 5.97 Å². The molecule has 0 bridgehead atoms. The maximum atomic E-state index is 11.7. The summed E-state index contributed by atoms with van der Waals surface area (Å²) < 4.78 is 15.8. The molecule has 7 heteroatoms. The zero-order chi connectivity index (χ0) is 23.4. The Kier molecular flexibility index (Phi) is 9.99. The number of carbonyl (C=O) groups is 1. The third kappa shape index (κ3) is 9.38. The van der Waals surface area contributed by atoms with Gasteiger partial charge in [-0.05, 0) is 55.7 Å². The van der Waals surface area contributed by atoms with Crippen molar-refractivity contribution in [3.8, 4) is 17.6 Å². The van der Waals surface area contributed by atoms with Crippen molar-refractivity contribution in [2.75, 3.05) is 26.9 Å². The standard InChI is InChI=1S/C25H32N2O5/c1-25(2,16-20-7-9-22(30-3)10-8-20)27-17-21(28)18-32-23-11-5-19(6-12-23)15-24(29)31-14-4-13-26/h5-12,21,27-28H,4,14-18H2,1-3H3/t21-/m1/s1. The number of rotatable bonds is 13. The van der Waals surface area contributed by atoms with Crippen molar-refractivity contribution >= 4 is 5.97 Å². The molecule has 0 aromatic heterocycles. The van der Waals surface area contributed by atoms with E-state index in [1.807, 2.05) is 30.3 Å². The van der Waals surface area contributed by atoms with E-state index in [0.717, 1.165) is 17.7 Å². The Balaban J connectivity index is 1.72. The number of esters is 1. The molecule has 7 nitrogen and oxygen atoms in total. The molecule has 0 spiro atoms. The Morgan fingerprint density at radius 2 is 1.72 bits per heavy atom. The van der Waals surface area contributed by atoms with Gasteiger partial charge in [0.25, 0.3) is 0 Å². The number of ether oxygens (including phenoxy) is 3. The number of hydrogen-bond acceptors (Lipinski definition) is 7. The minimum Gasteiger partial charge on any atom is -0.497 e. The van der Waals surface area contributed by atoms with E-state index in [9.17, 15) is 9.90 Å². The lowest BCUT2D eigenvalue weighted by molar-refractivity contribution is -0.142. The van der Waals surface area contributed by atoms with Gasteiger partial charge in [0.1, 0.15) is 30.8 Å². The molecule has 0 heterocycles. The van der Waals surface area contributed by atoms with Gasteiger partial charge in [0.2, 0.25) is 0 Å². The summed E-state index contributed by atoms with van der Waals surface area (Å²) in [6.45, 7) is 4.85. The van der Waals surface area contributed by atoms with E-state index in [0.29, 0.717) is 12.3 Å². The average molecular weight is 441 g/mol. The van der Waals surface area contributed by atoms with E-state index >= 15 is 0 Å². The minimum atomic E-state index is -0.667. The van der Waals surface area contributed by atoms with Crippen molar-refractivity contribution in [1.29, 1.82) is 5.26 Å². The fourth-order valence-corrected chi connectivity index (χ4v) is 3.09. The van der Waals surface area contributed by atoms with Crippen molar-refractivity contribution in [1.82, 2.24) is 5.32 Å². The molecule has 0 aliphatic heterocycles. The Morgan fingerprint density at radius 3 is 2.34 bits per heavy atom. The highest BCUT2D eigenvalue weighted by Gasteiger charge is 2.19. The van der Waals surface area contributed by atoms with Crippen molar-refractivity contribution < 1.29 is 24.1 Å². The van der Waals surface area contributed by atoms with Gasteiger partial charge in [0, 0.05) is 12.1 Å². The van der Waals surface area contributed by atoms with Crippen molar-refractivity contribution in [3.05, 3.63) is 59.7 Å². The molecule has 0 amide bonds. The summed E-state index contributed by atoms with van der Waals surface area (Å²) in [7, 11) is 1.65. The average Bonchev–Trinajstić information content (AvgIpc) is 2.78. The van der Waals surface area contributed by atoms with Crippen LogP contribution in [-0.2, 0) is 22.4 Å². The summed E-state index contributed by atoms with van der Waals surface area (Å²) in [5, 5.41) is 22.1. The van der Waals surface area contributed by atoms with Gasteiger partial charge in [-0.3, -0.25) is 4.79 Å². The lowest BCUT2D eigenvalue weighted by Crippen LogP contribution is -2.46. The molecular weight excluding hydrogens is 408 g/mol. The summed E-state index contributed by atoms with van der Waals surface area (Å²) in [5.74, 6) is 1.08. The normalized spacial score (nSPS) is 12.0. The van der Waals surface area contributed by atoms with Gasteiger partial charge in [-0.2, -0.15) is 5.26 Å². The zero-order valence-electron chi connectivity index (χ0n) is 19.0. The SMILES string of the molecule is COc1ccc(CC(C)(C)NC[C@@H](O)COc2ccc(CC(=O)OCCC#N)cc2)cc1. The van der Waals surface area contributed by atoms with E-state index in [1.54, 1.807) is 31.4 Å². The second kappa shape index (κ2) is 12.7. The largest absolute Gasteiger partial charge is 0.497 e. The van der Waals surface area contributed by atoms with Crippen LogP contribution in [0, 0.1) is 11.3 Å². The van der Waals surface area contributed by atoms with Crippen LogP contribution >= 0.6 is 0 Å². The first-order chi connectivity index (χ1) is 15.3. The highest BCUT2D eigenvalue weighted by Crippen LogP contribution is 2.17. The van der Waals surface area contributed by atoms with Crippen LogP contribution in [0.4, 0.5) is 0 Å². The van der Waals surface area contributed by atoms with Gasteiger partial charge < -0.3 is 24.6 Å². The molecule has 1 atom stereocenters. The van der Waals surface area contributed by atoms with Gasteiger partial charge in [0.05, 0.1) is 26.0 Å². The molecule has 2 rings (SSSR count). The van der Waals surface area contributed by atoms with E-state index in [1.165, 1.54) is 5.56 Å². The topological polar surface area (TPSA) is 101 Å². The first-order valence-corrected chi connectivity index (χ1v) is 10.6. The molecule has 172 valence electrons. The quantitative estimate of drug-likeness (QED) is 0.365. The molecule has 2 N–H and O–H groups in total. The first kappa shape index (κ1) is 25.2. The highest BCUT2D eigenvalue weighted by molar-refractivity contribution is 5.72. The number of nitriles is 1. The van der Waals surface area contributed by atoms with E-state index in [4.69, 9.17) is 19.5 Å². The summed E-state index contributed by atoms with van der Waals surface area (Å²) in [5.41, 5.74) is 1.78. The smallest absolute Gasteiger partial charge is 0.310 e. The van der Waals surface area contributed by atoms with Gasteiger partial charge in [-0.1, -0.05) is 24.3 Å². The van der Waals surface area contributed by atoms with Crippen LogP contribution in [0.2, 0.25) is 0 Å². The molecule has 32 heavy (non-hydrogen) atoms. The predicted molar refractivity (Wildman–Crippen MR) is 122 cm³/mol. The van der Waals surface area contributed by atoms with Crippen LogP contribution in [0.15, 0.2) is 48.5 Å². The zero-order valence-corrected chi connectivity index (χ0v) is 19.0. The fourth-order valence-electron chi connectivity index (χ4n) is 3.09. The number of carbonyl (C=O) groups excluding carboxylic acids is 1. The lowest BCUT2D eigenvalue weighted by atomic mass is 9.94. The van der Waals surface area contributed by atoms with Crippen LogP contribution in [0.25, 0.3) is 0 Å². The Morgan fingerprint density at radius 1 is 1.09 bits per heavy atom. The van der Waals surface area contributed by atoms with Crippen molar-refractivity contribution in [2.45, 2.75) is 44.8 Å². The van der Waals surface area contributed by atoms with Gasteiger partial charge in [0.15, 0.2) is 0 Å². The molecule has 0 fully saturated rings. The van der Waals surface area contributed by atoms with Gasteiger partial charge in [-0.15, -0.1) is 0 Å². The molecular formula is C25H32N2O5. The molecule has 2 aromatic rings. The Bertz CT molecular complexity index is 873. The van der Waals surface area contributed by atoms with Crippen LogP contribution in [-0.4, -0.2) is 49.6 Å². The molecule has 0 radical (unpaired) electrons. The number of aliphatic hydroxyl groups is 1. The summed E-state index contributed by atoms with van der Waals surface area (Å²) in [4.78, 5) is 11.7. The summed E-state index contributed by atoms with van der Waals surface area (Å²) in [6.07, 6.45) is 0.473. The molecule has 0 saturated heterocycles. The summed E-state index contributed by atoms with van der Waals surface area (Å²) >= 11 is 0. The van der Waals surface area contributed by atoms with E-state index < -0.39 is 6.10 Å². The maximum absolute atomic E-state index is 11.7. The molecule has 0 aliphatic carbocycles. The fraction of sp³-hybridized carbons (Fsp3) is 0.440. The van der Waals surface area contributed by atoms with Crippen LogP contribution < -0.4 is 14.8 Å². The second-order valence-electron chi connectivity index (χ2n) is 8.20. The molecule has 0 saturated carbocycles.